The van der Waals surface area contributed by atoms with Crippen LogP contribution in [-0.4, -0.2) is 41.5 Å². The van der Waals surface area contributed by atoms with Gasteiger partial charge in [-0.05, 0) is 25.7 Å². The van der Waals surface area contributed by atoms with Crippen molar-refractivity contribution in [3.05, 3.63) is 35.4 Å². The number of hydrogen-bond donors (Lipinski definition) is 1. The number of nitrogens with zero attached hydrogens (tertiary/aromatic N) is 1. The Morgan fingerprint density at radius 3 is 2.70 bits per heavy atom. The zero-order valence-electron chi connectivity index (χ0n) is 12.1. The van der Waals surface area contributed by atoms with Gasteiger partial charge in [0, 0.05) is 37.5 Å². The molecule has 0 radical (unpaired) electrons. The minimum Gasteiger partial charge on any atom is -0.393 e. The molecule has 2 fully saturated rings. The predicted molar refractivity (Wildman–Crippen MR) is 78.8 cm³/mol. The van der Waals surface area contributed by atoms with Crippen LogP contribution in [0.2, 0.25) is 0 Å². The molecule has 108 valence electrons. The average Bonchev–Trinajstić information content (AvgIpc) is 2.99. The lowest BCUT2D eigenvalue weighted by Gasteiger charge is -2.17. The van der Waals surface area contributed by atoms with Crippen molar-refractivity contribution in [2.24, 2.45) is 11.8 Å². The summed E-state index contributed by atoms with van der Waals surface area (Å²) < 4.78 is 0. The third-order valence-corrected chi connectivity index (χ3v) is 4.92. The van der Waals surface area contributed by atoms with Gasteiger partial charge in [-0.3, -0.25) is 4.79 Å². The second kappa shape index (κ2) is 5.66. The molecule has 1 aliphatic heterocycles. The Balaban J connectivity index is 1.50. The van der Waals surface area contributed by atoms with E-state index in [0.717, 1.165) is 38.0 Å². The van der Waals surface area contributed by atoms with Crippen LogP contribution in [0.25, 0.3) is 0 Å². The number of hydrogen-bond acceptors (Lipinski definition) is 3. The Kier molecular flexibility index (Phi) is 3.90. The number of benzene rings is 1. The van der Waals surface area contributed by atoms with Gasteiger partial charge in [0.25, 0.3) is 0 Å². The Labute approximate surface area is 120 Å². The zero-order valence-corrected chi connectivity index (χ0v) is 12.1. The van der Waals surface area contributed by atoms with Gasteiger partial charge >= 0.3 is 0 Å². The molecule has 2 aliphatic rings. The van der Waals surface area contributed by atoms with Crippen LogP contribution in [0.4, 0.5) is 0 Å². The number of aryl methyl sites for hydroxylation is 1. The van der Waals surface area contributed by atoms with E-state index in [1.807, 2.05) is 31.2 Å². The highest BCUT2D eigenvalue weighted by Crippen LogP contribution is 2.37. The minimum atomic E-state index is -0.113. The summed E-state index contributed by atoms with van der Waals surface area (Å²) in [7, 11) is 0. The Morgan fingerprint density at radius 1 is 1.25 bits per heavy atom. The Hall–Kier alpha value is -1.19. The molecule has 3 rings (SSSR count). The van der Waals surface area contributed by atoms with Crippen LogP contribution < -0.4 is 0 Å². The molecule has 3 atom stereocenters. The second-order valence-corrected chi connectivity index (χ2v) is 6.37. The fourth-order valence-corrected chi connectivity index (χ4v) is 3.65. The third-order valence-electron chi connectivity index (χ3n) is 4.92. The highest BCUT2D eigenvalue weighted by molar-refractivity contribution is 5.96. The summed E-state index contributed by atoms with van der Waals surface area (Å²) in [5.74, 6) is 1.33. The maximum atomic E-state index is 12.1. The van der Waals surface area contributed by atoms with Crippen molar-refractivity contribution in [2.45, 2.75) is 32.3 Å². The third kappa shape index (κ3) is 2.79. The summed E-state index contributed by atoms with van der Waals surface area (Å²) >= 11 is 0. The molecule has 0 aromatic heterocycles. The smallest absolute Gasteiger partial charge is 0.164 e. The number of carbonyl (C=O) groups excluding carboxylic acids is 1. The molecule has 1 saturated heterocycles. The van der Waals surface area contributed by atoms with E-state index in [0.29, 0.717) is 18.3 Å². The number of ketones is 1. The van der Waals surface area contributed by atoms with E-state index < -0.39 is 0 Å². The molecule has 1 saturated carbocycles. The van der Waals surface area contributed by atoms with Crippen molar-refractivity contribution in [1.82, 2.24) is 4.90 Å². The van der Waals surface area contributed by atoms with E-state index >= 15 is 0 Å². The summed E-state index contributed by atoms with van der Waals surface area (Å²) in [6.45, 7) is 4.88. The lowest BCUT2D eigenvalue weighted by Crippen LogP contribution is -2.27. The lowest BCUT2D eigenvalue weighted by molar-refractivity contribution is 0.0961. The van der Waals surface area contributed by atoms with Gasteiger partial charge in [0.2, 0.25) is 0 Å². The Morgan fingerprint density at radius 2 is 2.00 bits per heavy atom. The molecule has 3 heteroatoms. The van der Waals surface area contributed by atoms with Crippen LogP contribution in [0, 0.1) is 18.8 Å². The molecule has 1 aromatic rings. The first-order valence-corrected chi connectivity index (χ1v) is 7.64. The lowest BCUT2D eigenvalue weighted by atomic mass is 10.00. The van der Waals surface area contributed by atoms with Gasteiger partial charge < -0.3 is 10.0 Å². The molecule has 3 nitrogen and oxygen atoms in total. The standard InChI is InChI=1S/C17H23NO2/c1-12-2-4-13(5-3-12)16(19)8-9-18-10-14-6-7-17(20)15(14)11-18/h2-5,14-15,17,20H,6-11H2,1H3. The number of likely N-dealkylation sites (tertiary alicyclic amines) is 1. The van der Waals surface area contributed by atoms with E-state index in [1.54, 1.807) is 0 Å². The van der Waals surface area contributed by atoms with E-state index in [2.05, 4.69) is 4.90 Å². The molecule has 3 unspecified atom stereocenters. The molecule has 1 aromatic carbocycles. The van der Waals surface area contributed by atoms with Crippen molar-refractivity contribution >= 4 is 5.78 Å². The van der Waals surface area contributed by atoms with Gasteiger partial charge in [0.05, 0.1) is 6.10 Å². The highest BCUT2D eigenvalue weighted by atomic mass is 16.3. The SMILES string of the molecule is Cc1ccc(C(=O)CCN2CC3CCC(O)C3C2)cc1. The summed E-state index contributed by atoms with van der Waals surface area (Å²) in [6.07, 6.45) is 2.58. The first-order chi connectivity index (χ1) is 9.63. The molecular weight excluding hydrogens is 250 g/mol. The van der Waals surface area contributed by atoms with Gasteiger partial charge in [0.15, 0.2) is 5.78 Å². The largest absolute Gasteiger partial charge is 0.393 e. The van der Waals surface area contributed by atoms with Gasteiger partial charge in [-0.2, -0.15) is 0 Å². The summed E-state index contributed by atoms with van der Waals surface area (Å²) in [4.78, 5) is 14.5. The van der Waals surface area contributed by atoms with Crippen LogP contribution in [0.3, 0.4) is 0 Å². The zero-order chi connectivity index (χ0) is 14.1. The van der Waals surface area contributed by atoms with Crippen molar-refractivity contribution < 1.29 is 9.90 Å². The van der Waals surface area contributed by atoms with Crippen molar-refractivity contribution in [3.8, 4) is 0 Å². The molecule has 1 aliphatic carbocycles. The van der Waals surface area contributed by atoms with Crippen LogP contribution in [-0.2, 0) is 0 Å². The van der Waals surface area contributed by atoms with E-state index in [4.69, 9.17) is 0 Å². The van der Waals surface area contributed by atoms with Gasteiger partial charge in [-0.25, -0.2) is 0 Å². The van der Waals surface area contributed by atoms with Crippen LogP contribution in [0.5, 0.6) is 0 Å². The summed E-state index contributed by atoms with van der Waals surface area (Å²) in [5.41, 5.74) is 2.00. The molecule has 0 spiro atoms. The van der Waals surface area contributed by atoms with Crippen molar-refractivity contribution in [3.63, 3.8) is 0 Å². The van der Waals surface area contributed by atoms with E-state index in [-0.39, 0.29) is 11.9 Å². The first kappa shape index (κ1) is 13.8. The van der Waals surface area contributed by atoms with Crippen molar-refractivity contribution in [1.29, 1.82) is 0 Å². The quantitative estimate of drug-likeness (QED) is 0.856. The Bertz CT molecular complexity index is 482. The highest BCUT2D eigenvalue weighted by Gasteiger charge is 2.41. The predicted octanol–water partition coefficient (Wildman–Crippen LogP) is 2.27. The number of carbonyl (C=O) groups is 1. The number of Topliss-reactive ketones (excluding diaryl/α,β-unsaturated/α-hetero) is 1. The molecule has 1 N–H and O–H groups in total. The van der Waals surface area contributed by atoms with Gasteiger partial charge in [-0.1, -0.05) is 29.8 Å². The average molecular weight is 273 g/mol. The topological polar surface area (TPSA) is 40.5 Å². The van der Waals surface area contributed by atoms with Crippen LogP contribution >= 0.6 is 0 Å². The fraction of sp³-hybridized carbons (Fsp3) is 0.588. The number of aliphatic hydroxyl groups excluding tert-OH is 1. The monoisotopic (exact) mass is 273 g/mol. The molecule has 0 amide bonds. The van der Waals surface area contributed by atoms with Gasteiger partial charge in [-0.15, -0.1) is 0 Å². The fourth-order valence-electron chi connectivity index (χ4n) is 3.65. The normalized spacial score (nSPS) is 29.6. The molecule has 1 heterocycles. The number of fused-ring (bicyclic) bond motifs is 1. The van der Waals surface area contributed by atoms with E-state index in [1.165, 1.54) is 5.56 Å². The molecule has 0 bridgehead atoms. The van der Waals surface area contributed by atoms with Crippen LogP contribution in [0.15, 0.2) is 24.3 Å². The first-order valence-electron chi connectivity index (χ1n) is 7.64. The summed E-state index contributed by atoms with van der Waals surface area (Å²) in [5, 5.41) is 9.90. The maximum Gasteiger partial charge on any atom is 0.164 e. The summed E-state index contributed by atoms with van der Waals surface area (Å²) in [6, 6.07) is 7.81. The van der Waals surface area contributed by atoms with Crippen molar-refractivity contribution in [2.75, 3.05) is 19.6 Å². The molecular formula is C17H23NO2. The molecule has 20 heavy (non-hydrogen) atoms. The van der Waals surface area contributed by atoms with Crippen LogP contribution in [0.1, 0.15) is 35.2 Å². The maximum absolute atomic E-state index is 12.1. The number of aliphatic hydroxyl groups is 1. The second-order valence-electron chi connectivity index (χ2n) is 6.37. The number of rotatable bonds is 4. The van der Waals surface area contributed by atoms with E-state index in [9.17, 15) is 9.90 Å². The van der Waals surface area contributed by atoms with Gasteiger partial charge in [0.1, 0.15) is 0 Å². The minimum absolute atomic E-state index is 0.113.